The third kappa shape index (κ3) is 1.65. The highest BCUT2D eigenvalue weighted by atomic mass is 32.1. The van der Waals surface area contributed by atoms with E-state index in [2.05, 4.69) is 12.6 Å². The minimum Gasteiger partial charge on any atom is -0.478 e. The highest BCUT2D eigenvalue weighted by molar-refractivity contribution is 7.80. The number of hydrogen-bond donors (Lipinski definition) is 2. The molecule has 1 N–H and O–H groups in total. The summed E-state index contributed by atoms with van der Waals surface area (Å²) in [6, 6.07) is 4.81. The van der Waals surface area contributed by atoms with E-state index >= 15 is 0 Å². The SMILES string of the molecule is Cc1c(S)ccc(C(=O)O)c1C#N. The lowest BCUT2D eigenvalue weighted by atomic mass is 10.0. The molecule has 0 saturated carbocycles. The van der Waals surface area contributed by atoms with Gasteiger partial charge in [0.2, 0.25) is 0 Å². The van der Waals surface area contributed by atoms with Gasteiger partial charge >= 0.3 is 5.97 Å². The van der Waals surface area contributed by atoms with E-state index < -0.39 is 5.97 Å². The molecule has 0 bridgehead atoms. The van der Waals surface area contributed by atoms with Crippen molar-refractivity contribution in [1.29, 1.82) is 5.26 Å². The predicted molar refractivity (Wildman–Crippen MR) is 50.1 cm³/mol. The molecule has 0 heterocycles. The Hall–Kier alpha value is -1.47. The number of carbonyl (C=O) groups is 1. The zero-order valence-corrected chi connectivity index (χ0v) is 7.80. The van der Waals surface area contributed by atoms with E-state index in [1.54, 1.807) is 13.0 Å². The molecule has 1 aromatic rings. The molecule has 0 atom stereocenters. The molecule has 0 saturated heterocycles. The van der Waals surface area contributed by atoms with Gasteiger partial charge in [0.25, 0.3) is 0 Å². The number of carboxylic acid groups (broad SMARTS) is 1. The van der Waals surface area contributed by atoms with Crippen molar-refractivity contribution in [3.63, 3.8) is 0 Å². The Morgan fingerprint density at radius 3 is 2.69 bits per heavy atom. The lowest BCUT2D eigenvalue weighted by Gasteiger charge is -2.04. The average Bonchev–Trinajstić information content (AvgIpc) is 2.09. The van der Waals surface area contributed by atoms with Crippen LogP contribution in [-0.4, -0.2) is 11.1 Å². The van der Waals surface area contributed by atoms with E-state index in [4.69, 9.17) is 10.4 Å². The molecule has 1 rings (SSSR count). The van der Waals surface area contributed by atoms with E-state index in [1.165, 1.54) is 6.07 Å². The molecule has 13 heavy (non-hydrogen) atoms. The van der Waals surface area contributed by atoms with Gasteiger partial charge in [0.05, 0.1) is 11.1 Å². The summed E-state index contributed by atoms with van der Waals surface area (Å²) in [4.78, 5) is 11.3. The van der Waals surface area contributed by atoms with E-state index in [9.17, 15) is 4.79 Å². The van der Waals surface area contributed by atoms with Crippen LogP contribution in [0.1, 0.15) is 21.5 Å². The number of nitriles is 1. The third-order valence-corrected chi connectivity index (χ3v) is 2.26. The van der Waals surface area contributed by atoms with Crippen molar-refractivity contribution >= 4 is 18.6 Å². The van der Waals surface area contributed by atoms with Gasteiger partial charge in [-0.05, 0) is 24.6 Å². The van der Waals surface area contributed by atoms with Crippen molar-refractivity contribution in [3.05, 3.63) is 28.8 Å². The lowest BCUT2D eigenvalue weighted by Crippen LogP contribution is -2.02. The van der Waals surface area contributed by atoms with Gasteiger partial charge in [-0.2, -0.15) is 5.26 Å². The molecule has 0 amide bonds. The zero-order chi connectivity index (χ0) is 10.0. The molecule has 0 fully saturated rings. The quantitative estimate of drug-likeness (QED) is 0.669. The second-order valence-electron chi connectivity index (χ2n) is 2.55. The van der Waals surface area contributed by atoms with Crippen LogP contribution in [0.15, 0.2) is 17.0 Å². The van der Waals surface area contributed by atoms with Crippen molar-refractivity contribution in [1.82, 2.24) is 0 Å². The van der Waals surface area contributed by atoms with E-state index in [0.717, 1.165) is 0 Å². The molecule has 0 aliphatic rings. The van der Waals surface area contributed by atoms with E-state index in [1.807, 2.05) is 6.07 Å². The molecule has 3 nitrogen and oxygen atoms in total. The summed E-state index contributed by atoms with van der Waals surface area (Å²) in [5.41, 5.74) is 0.809. The van der Waals surface area contributed by atoms with Crippen molar-refractivity contribution < 1.29 is 9.90 Å². The van der Waals surface area contributed by atoms with Crippen molar-refractivity contribution in [2.24, 2.45) is 0 Å². The molecule has 0 aliphatic carbocycles. The maximum atomic E-state index is 10.7. The fourth-order valence-corrected chi connectivity index (χ4v) is 1.21. The number of rotatable bonds is 1. The normalized spacial score (nSPS) is 9.31. The zero-order valence-electron chi connectivity index (χ0n) is 6.90. The highest BCUT2D eigenvalue weighted by Crippen LogP contribution is 2.20. The molecule has 4 heteroatoms. The molecule has 0 unspecified atom stereocenters. The first-order chi connectivity index (χ1) is 6.07. The summed E-state index contributed by atoms with van der Waals surface area (Å²) in [6.07, 6.45) is 0. The number of carboxylic acids is 1. The van der Waals surface area contributed by atoms with Gasteiger partial charge in [0, 0.05) is 4.90 Å². The summed E-state index contributed by atoms with van der Waals surface area (Å²) in [5, 5.41) is 17.5. The topological polar surface area (TPSA) is 61.1 Å². The summed E-state index contributed by atoms with van der Waals surface area (Å²) in [7, 11) is 0. The van der Waals surface area contributed by atoms with Crippen LogP contribution < -0.4 is 0 Å². The van der Waals surface area contributed by atoms with E-state index in [0.29, 0.717) is 10.5 Å². The van der Waals surface area contributed by atoms with Gasteiger partial charge < -0.3 is 5.11 Å². The Morgan fingerprint density at radius 2 is 2.23 bits per heavy atom. The Balaban J connectivity index is 3.50. The average molecular weight is 193 g/mol. The molecule has 66 valence electrons. The molecule has 0 aliphatic heterocycles. The van der Waals surface area contributed by atoms with Gasteiger partial charge in [-0.3, -0.25) is 0 Å². The van der Waals surface area contributed by atoms with Crippen LogP contribution in [0.3, 0.4) is 0 Å². The van der Waals surface area contributed by atoms with Gasteiger partial charge in [-0.15, -0.1) is 12.6 Å². The van der Waals surface area contributed by atoms with Gasteiger partial charge in [0.1, 0.15) is 6.07 Å². The van der Waals surface area contributed by atoms with E-state index in [-0.39, 0.29) is 11.1 Å². The molecule has 0 aromatic heterocycles. The molecular weight excluding hydrogens is 186 g/mol. The molecular formula is C9H7NO2S. The second kappa shape index (κ2) is 3.50. The standard InChI is InChI=1S/C9H7NO2S/c1-5-7(4-10)6(9(11)12)2-3-8(5)13/h2-3,13H,1H3,(H,11,12). The third-order valence-electron chi connectivity index (χ3n) is 1.78. The van der Waals surface area contributed by atoms with Crippen LogP contribution in [0.2, 0.25) is 0 Å². The van der Waals surface area contributed by atoms with Gasteiger partial charge in [-0.25, -0.2) is 4.79 Å². The summed E-state index contributed by atoms with van der Waals surface area (Å²) in [6.45, 7) is 1.67. The predicted octanol–water partition coefficient (Wildman–Crippen LogP) is 1.85. The highest BCUT2D eigenvalue weighted by Gasteiger charge is 2.12. The number of aromatic carboxylic acids is 1. The first kappa shape index (κ1) is 9.62. The molecule has 0 radical (unpaired) electrons. The number of thiol groups is 1. The monoisotopic (exact) mass is 193 g/mol. The summed E-state index contributed by atoms with van der Waals surface area (Å²) in [5.74, 6) is -1.09. The summed E-state index contributed by atoms with van der Waals surface area (Å²) >= 11 is 4.09. The van der Waals surface area contributed by atoms with Crippen LogP contribution in [0.4, 0.5) is 0 Å². The number of nitrogens with zero attached hydrogens (tertiary/aromatic N) is 1. The van der Waals surface area contributed by atoms with Crippen LogP contribution in [-0.2, 0) is 0 Å². The van der Waals surface area contributed by atoms with Crippen molar-refractivity contribution in [3.8, 4) is 6.07 Å². The van der Waals surface area contributed by atoms with Gasteiger partial charge in [-0.1, -0.05) is 0 Å². The Kier molecular flexibility index (Phi) is 2.59. The van der Waals surface area contributed by atoms with Crippen molar-refractivity contribution in [2.45, 2.75) is 11.8 Å². The summed E-state index contributed by atoms with van der Waals surface area (Å²) < 4.78 is 0. The smallest absolute Gasteiger partial charge is 0.337 e. The maximum absolute atomic E-state index is 10.7. The lowest BCUT2D eigenvalue weighted by molar-refractivity contribution is 0.0696. The Morgan fingerprint density at radius 1 is 1.62 bits per heavy atom. The number of hydrogen-bond acceptors (Lipinski definition) is 3. The fourth-order valence-electron chi connectivity index (χ4n) is 1.02. The van der Waals surface area contributed by atoms with Crippen LogP contribution in [0, 0.1) is 18.3 Å². The Labute approximate surface area is 81.0 Å². The first-order valence-electron chi connectivity index (χ1n) is 3.54. The largest absolute Gasteiger partial charge is 0.478 e. The minimum atomic E-state index is -1.09. The molecule has 0 spiro atoms. The molecule has 1 aromatic carbocycles. The number of benzene rings is 1. The maximum Gasteiger partial charge on any atom is 0.337 e. The van der Waals surface area contributed by atoms with Crippen molar-refractivity contribution in [2.75, 3.05) is 0 Å². The minimum absolute atomic E-state index is 0.0257. The fraction of sp³-hybridized carbons (Fsp3) is 0.111. The van der Waals surface area contributed by atoms with Crippen LogP contribution in [0.5, 0.6) is 0 Å². The van der Waals surface area contributed by atoms with Gasteiger partial charge in [0.15, 0.2) is 0 Å². The second-order valence-corrected chi connectivity index (χ2v) is 3.03. The van der Waals surface area contributed by atoms with Crippen LogP contribution in [0.25, 0.3) is 0 Å². The first-order valence-corrected chi connectivity index (χ1v) is 3.98. The van der Waals surface area contributed by atoms with Crippen LogP contribution >= 0.6 is 12.6 Å². The Bertz CT molecular complexity index is 407.